The van der Waals surface area contributed by atoms with Gasteiger partial charge in [-0.1, -0.05) is 6.42 Å². The van der Waals surface area contributed by atoms with E-state index in [0.717, 1.165) is 31.7 Å². The van der Waals surface area contributed by atoms with Crippen molar-refractivity contribution in [1.29, 1.82) is 0 Å². The maximum absolute atomic E-state index is 11.3. The molecule has 2 unspecified atom stereocenters. The standard InChI is InChI=1S/C15H22N4O2/c1-2-16-14-9-8-13(19(20)21)15(17-14)18-10-4-6-11-5-3-7-12(11)18/h8-9,11-12H,2-7,10H2,1H3,(H,16,17). The zero-order valence-corrected chi connectivity index (χ0v) is 12.4. The van der Waals surface area contributed by atoms with Crippen LogP contribution in [0, 0.1) is 16.0 Å². The molecular formula is C15H22N4O2. The van der Waals surface area contributed by atoms with E-state index >= 15 is 0 Å². The van der Waals surface area contributed by atoms with Crippen LogP contribution in [-0.4, -0.2) is 29.0 Å². The summed E-state index contributed by atoms with van der Waals surface area (Å²) in [4.78, 5) is 17.8. The predicted molar refractivity (Wildman–Crippen MR) is 82.8 cm³/mol. The van der Waals surface area contributed by atoms with Crippen LogP contribution in [0.25, 0.3) is 0 Å². The summed E-state index contributed by atoms with van der Waals surface area (Å²) in [6.07, 6.45) is 5.97. The summed E-state index contributed by atoms with van der Waals surface area (Å²) in [6.45, 7) is 3.64. The van der Waals surface area contributed by atoms with Crippen molar-refractivity contribution in [1.82, 2.24) is 4.98 Å². The Labute approximate surface area is 124 Å². The molecule has 0 amide bonds. The maximum Gasteiger partial charge on any atom is 0.311 e. The lowest BCUT2D eigenvalue weighted by Crippen LogP contribution is -2.43. The maximum atomic E-state index is 11.3. The molecular weight excluding hydrogens is 268 g/mol. The minimum Gasteiger partial charge on any atom is -0.370 e. The summed E-state index contributed by atoms with van der Waals surface area (Å²) in [5, 5.41) is 14.5. The Bertz CT molecular complexity index is 534. The highest BCUT2D eigenvalue weighted by atomic mass is 16.6. The van der Waals surface area contributed by atoms with Crippen LogP contribution in [0.1, 0.15) is 39.0 Å². The largest absolute Gasteiger partial charge is 0.370 e. The minimum atomic E-state index is -0.309. The lowest BCUT2D eigenvalue weighted by atomic mass is 9.92. The van der Waals surface area contributed by atoms with Crippen molar-refractivity contribution >= 4 is 17.3 Å². The number of hydrogen-bond acceptors (Lipinski definition) is 5. The van der Waals surface area contributed by atoms with Gasteiger partial charge in [-0.25, -0.2) is 4.98 Å². The molecule has 0 aromatic carbocycles. The van der Waals surface area contributed by atoms with Gasteiger partial charge in [0.1, 0.15) is 5.82 Å². The number of hydrogen-bond donors (Lipinski definition) is 1. The highest BCUT2D eigenvalue weighted by Gasteiger charge is 2.38. The number of pyridine rings is 1. The third-order valence-electron chi connectivity index (χ3n) is 4.67. The van der Waals surface area contributed by atoms with Crippen LogP contribution in [0.5, 0.6) is 0 Å². The number of rotatable bonds is 4. The summed E-state index contributed by atoms with van der Waals surface area (Å²) in [6, 6.07) is 3.71. The van der Waals surface area contributed by atoms with Crippen molar-refractivity contribution in [3.8, 4) is 0 Å². The normalized spacial score (nSPS) is 24.7. The van der Waals surface area contributed by atoms with Crippen molar-refractivity contribution < 1.29 is 4.92 Å². The van der Waals surface area contributed by atoms with E-state index in [1.54, 1.807) is 12.1 Å². The van der Waals surface area contributed by atoms with Gasteiger partial charge in [0, 0.05) is 25.2 Å². The Kier molecular flexibility index (Phi) is 3.94. The van der Waals surface area contributed by atoms with Crippen LogP contribution in [0.15, 0.2) is 12.1 Å². The Morgan fingerprint density at radius 2 is 2.19 bits per heavy atom. The highest BCUT2D eigenvalue weighted by Crippen LogP contribution is 2.41. The van der Waals surface area contributed by atoms with Gasteiger partial charge in [-0.3, -0.25) is 10.1 Å². The first-order valence-electron chi connectivity index (χ1n) is 7.86. The van der Waals surface area contributed by atoms with E-state index in [-0.39, 0.29) is 10.6 Å². The molecule has 2 atom stereocenters. The van der Waals surface area contributed by atoms with Crippen molar-refractivity contribution in [3.63, 3.8) is 0 Å². The van der Waals surface area contributed by atoms with Gasteiger partial charge in [0.15, 0.2) is 0 Å². The molecule has 6 nitrogen and oxygen atoms in total. The fourth-order valence-corrected chi connectivity index (χ4v) is 3.79. The smallest absolute Gasteiger partial charge is 0.311 e. The number of anilines is 2. The molecule has 1 aromatic heterocycles. The van der Waals surface area contributed by atoms with Crippen molar-refractivity contribution in [2.75, 3.05) is 23.3 Å². The summed E-state index contributed by atoms with van der Waals surface area (Å²) in [7, 11) is 0. The Hall–Kier alpha value is -1.85. The van der Waals surface area contributed by atoms with Crippen LogP contribution in [-0.2, 0) is 0 Å². The Balaban J connectivity index is 1.97. The zero-order valence-electron chi connectivity index (χ0n) is 12.4. The number of piperidine rings is 1. The molecule has 3 rings (SSSR count). The second-order valence-corrected chi connectivity index (χ2v) is 5.92. The van der Waals surface area contributed by atoms with Crippen molar-refractivity contribution in [2.45, 2.75) is 45.1 Å². The third kappa shape index (κ3) is 2.66. The molecule has 1 saturated carbocycles. The van der Waals surface area contributed by atoms with Gasteiger partial charge in [-0.2, -0.15) is 0 Å². The molecule has 2 fully saturated rings. The fraction of sp³-hybridized carbons (Fsp3) is 0.667. The summed E-state index contributed by atoms with van der Waals surface area (Å²) in [5.41, 5.74) is 0.129. The van der Waals surface area contributed by atoms with E-state index in [9.17, 15) is 10.1 Å². The average molecular weight is 290 g/mol. The van der Waals surface area contributed by atoms with Gasteiger partial charge in [0.05, 0.1) is 4.92 Å². The number of nitro groups is 1. The lowest BCUT2D eigenvalue weighted by Gasteiger charge is -2.38. The molecule has 1 aliphatic carbocycles. The molecule has 0 radical (unpaired) electrons. The summed E-state index contributed by atoms with van der Waals surface area (Å²) < 4.78 is 0. The highest BCUT2D eigenvalue weighted by molar-refractivity contribution is 5.62. The van der Waals surface area contributed by atoms with E-state index in [2.05, 4.69) is 15.2 Å². The fourth-order valence-electron chi connectivity index (χ4n) is 3.79. The van der Waals surface area contributed by atoms with E-state index in [1.807, 2.05) is 6.92 Å². The third-order valence-corrected chi connectivity index (χ3v) is 4.67. The zero-order chi connectivity index (χ0) is 14.8. The van der Waals surface area contributed by atoms with Crippen LogP contribution in [0.2, 0.25) is 0 Å². The second kappa shape index (κ2) is 5.87. The number of aromatic nitrogens is 1. The van der Waals surface area contributed by atoms with Crippen molar-refractivity contribution in [3.05, 3.63) is 22.2 Å². The van der Waals surface area contributed by atoms with Crippen LogP contribution >= 0.6 is 0 Å². The first-order chi connectivity index (χ1) is 10.2. The molecule has 1 aromatic rings. The predicted octanol–water partition coefficient (Wildman–Crippen LogP) is 3.19. The second-order valence-electron chi connectivity index (χ2n) is 5.92. The molecule has 1 N–H and O–H groups in total. The van der Waals surface area contributed by atoms with Crippen LogP contribution < -0.4 is 10.2 Å². The van der Waals surface area contributed by atoms with Gasteiger partial charge < -0.3 is 10.2 Å². The molecule has 2 aliphatic rings. The van der Waals surface area contributed by atoms with Gasteiger partial charge in [0.25, 0.3) is 0 Å². The van der Waals surface area contributed by atoms with Crippen molar-refractivity contribution in [2.24, 2.45) is 5.92 Å². The topological polar surface area (TPSA) is 71.3 Å². The summed E-state index contributed by atoms with van der Waals surface area (Å²) in [5.74, 6) is 1.95. The number of nitrogens with zero attached hydrogens (tertiary/aromatic N) is 3. The Morgan fingerprint density at radius 3 is 2.95 bits per heavy atom. The monoisotopic (exact) mass is 290 g/mol. The van der Waals surface area contributed by atoms with Crippen LogP contribution in [0.4, 0.5) is 17.3 Å². The molecule has 6 heteroatoms. The molecule has 21 heavy (non-hydrogen) atoms. The molecule has 1 aliphatic heterocycles. The van der Waals surface area contributed by atoms with Gasteiger partial charge >= 0.3 is 5.69 Å². The van der Waals surface area contributed by atoms with E-state index in [0.29, 0.717) is 17.8 Å². The average Bonchev–Trinajstić information content (AvgIpc) is 2.95. The van der Waals surface area contributed by atoms with Crippen LogP contribution in [0.3, 0.4) is 0 Å². The quantitative estimate of drug-likeness (QED) is 0.681. The van der Waals surface area contributed by atoms with Gasteiger partial charge in [-0.15, -0.1) is 0 Å². The first kappa shape index (κ1) is 14.1. The molecule has 114 valence electrons. The minimum absolute atomic E-state index is 0.129. The van der Waals surface area contributed by atoms with E-state index in [4.69, 9.17) is 0 Å². The number of fused-ring (bicyclic) bond motifs is 1. The molecule has 0 spiro atoms. The SMILES string of the molecule is CCNc1ccc([N+](=O)[O-])c(N2CCCC3CCCC32)n1. The first-order valence-corrected chi connectivity index (χ1v) is 7.86. The lowest BCUT2D eigenvalue weighted by molar-refractivity contribution is -0.384. The van der Waals surface area contributed by atoms with E-state index in [1.165, 1.54) is 19.3 Å². The van der Waals surface area contributed by atoms with E-state index < -0.39 is 0 Å². The molecule has 2 heterocycles. The van der Waals surface area contributed by atoms with Gasteiger partial charge in [0.2, 0.25) is 5.82 Å². The Morgan fingerprint density at radius 1 is 1.38 bits per heavy atom. The number of nitrogens with one attached hydrogen (secondary N) is 1. The van der Waals surface area contributed by atoms with Gasteiger partial charge in [-0.05, 0) is 44.6 Å². The molecule has 1 saturated heterocycles. The molecule has 0 bridgehead atoms. The summed E-state index contributed by atoms with van der Waals surface area (Å²) >= 11 is 0.